The van der Waals surface area contributed by atoms with Crippen LogP contribution < -0.4 is 0 Å². The molecule has 0 aliphatic heterocycles. The van der Waals surface area contributed by atoms with Crippen LogP contribution in [0, 0.1) is 0 Å². The van der Waals surface area contributed by atoms with E-state index in [1.807, 2.05) is 29.7 Å². The maximum Gasteiger partial charge on any atom is 0.137 e. The van der Waals surface area contributed by atoms with Crippen LogP contribution in [0.3, 0.4) is 0 Å². The number of thiophene rings is 1. The van der Waals surface area contributed by atoms with E-state index in [1.54, 1.807) is 0 Å². The summed E-state index contributed by atoms with van der Waals surface area (Å²) in [4.78, 5) is 4.67. The third kappa shape index (κ3) is 2.14. The number of rotatable bonds is 1. The zero-order valence-corrected chi connectivity index (χ0v) is 16.6. The van der Waals surface area contributed by atoms with Crippen molar-refractivity contribution in [2.45, 2.75) is 0 Å². The van der Waals surface area contributed by atoms with E-state index in [1.165, 1.54) is 42.0 Å². The van der Waals surface area contributed by atoms with Crippen LogP contribution in [-0.2, 0) is 0 Å². The Labute approximate surface area is 167 Å². The van der Waals surface area contributed by atoms with Crippen molar-refractivity contribution in [3.05, 3.63) is 83.5 Å². The topological polar surface area (TPSA) is 17.8 Å². The Kier molecular flexibility index (Phi) is 3.22. The van der Waals surface area contributed by atoms with Crippen molar-refractivity contribution < 1.29 is 0 Å². The smallest absolute Gasteiger partial charge is 0.137 e. The molecule has 0 radical (unpaired) electrons. The Morgan fingerprint density at radius 1 is 0.778 bits per heavy atom. The largest absolute Gasteiger partial charge is 0.293 e. The van der Waals surface area contributed by atoms with Crippen LogP contribution in [0.15, 0.2) is 83.5 Å². The minimum atomic E-state index is 0.943. The lowest BCUT2D eigenvalue weighted by Gasteiger charge is -2.07. The van der Waals surface area contributed by atoms with E-state index in [0.29, 0.717) is 0 Å². The summed E-state index contributed by atoms with van der Waals surface area (Å²) in [5.74, 6) is 0.943. The maximum atomic E-state index is 4.67. The lowest BCUT2D eigenvalue weighted by atomic mass is 10.1. The van der Waals surface area contributed by atoms with Gasteiger partial charge in [-0.15, -0.1) is 11.3 Å². The predicted octanol–water partition coefficient (Wildman–Crippen LogP) is 7.31. The fourth-order valence-corrected chi connectivity index (χ4v) is 5.47. The molecule has 0 fully saturated rings. The minimum Gasteiger partial charge on any atom is -0.293 e. The molecule has 0 amide bonds. The van der Waals surface area contributed by atoms with Gasteiger partial charge in [-0.05, 0) is 36.4 Å². The van der Waals surface area contributed by atoms with Crippen molar-refractivity contribution in [1.82, 2.24) is 9.55 Å². The van der Waals surface area contributed by atoms with Gasteiger partial charge in [-0.25, -0.2) is 4.98 Å². The summed E-state index contributed by atoms with van der Waals surface area (Å²) >= 11 is 5.50. The molecule has 0 saturated carbocycles. The van der Waals surface area contributed by atoms with Gasteiger partial charge in [0.05, 0.1) is 11.0 Å². The number of benzene rings is 3. The second-order valence-corrected chi connectivity index (χ2v) is 8.62. The van der Waals surface area contributed by atoms with Gasteiger partial charge in [-0.3, -0.25) is 4.57 Å². The Bertz CT molecular complexity index is 1480. The first-order chi connectivity index (χ1) is 13.3. The fourth-order valence-electron chi connectivity index (χ4n) is 4.01. The summed E-state index contributed by atoms with van der Waals surface area (Å²) in [7, 11) is 0. The molecule has 0 N–H and O–H groups in total. The minimum absolute atomic E-state index is 0.943. The van der Waals surface area contributed by atoms with Crippen LogP contribution in [0.25, 0.3) is 47.8 Å². The van der Waals surface area contributed by atoms with E-state index in [-0.39, 0.29) is 0 Å². The standard InChI is InChI=1S/C23H13BrN2S/c24-14-8-9-15-16-10-11-20-22(17-5-1-2-6-19(17)27-20)23(16)26(18(15)13-14)21-7-3-4-12-25-21/h1-13H. The van der Waals surface area contributed by atoms with E-state index >= 15 is 0 Å². The van der Waals surface area contributed by atoms with Gasteiger partial charge in [-0.1, -0.05) is 52.3 Å². The highest BCUT2D eigenvalue weighted by molar-refractivity contribution is 9.10. The first kappa shape index (κ1) is 15.4. The number of aromatic nitrogens is 2. The van der Waals surface area contributed by atoms with Crippen LogP contribution in [0.5, 0.6) is 0 Å². The van der Waals surface area contributed by atoms with Gasteiger partial charge in [0, 0.05) is 41.6 Å². The van der Waals surface area contributed by atoms with Gasteiger partial charge in [-0.2, -0.15) is 0 Å². The summed E-state index contributed by atoms with van der Waals surface area (Å²) in [6.07, 6.45) is 1.86. The molecule has 2 nitrogen and oxygen atoms in total. The average Bonchev–Trinajstić information content (AvgIpc) is 3.23. The SMILES string of the molecule is Brc1ccc2c3ccc4sc5ccccc5c4c3n(-c3ccccn3)c2c1. The molecule has 6 aromatic rings. The predicted molar refractivity (Wildman–Crippen MR) is 119 cm³/mol. The monoisotopic (exact) mass is 428 g/mol. The first-order valence-electron chi connectivity index (χ1n) is 8.76. The van der Waals surface area contributed by atoms with Gasteiger partial charge in [0.25, 0.3) is 0 Å². The maximum absolute atomic E-state index is 4.67. The van der Waals surface area contributed by atoms with E-state index in [4.69, 9.17) is 0 Å². The van der Waals surface area contributed by atoms with Gasteiger partial charge in [0.1, 0.15) is 5.82 Å². The Morgan fingerprint density at radius 2 is 1.63 bits per heavy atom. The van der Waals surface area contributed by atoms with Crippen LogP contribution in [0.4, 0.5) is 0 Å². The van der Waals surface area contributed by atoms with Gasteiger partial charge in [0.15, 0.2) is 0 Å². The number of nitrogens with zero attached hydrogens (tertiary/aromatic N) is 2. The summed E-state index contributed by atoms with van der Waals surface area (Å²) in [5.41, 5.74) is 2.40. The van der Waals surface area contributed by atoms with Crippen LogP contribution in [0.2, 0.25) is 0 Å². The molecular formula is C23H13BrN2S. The molecule has 0 saturated heterocycles. The molecule has 0 spiro atoms. The van der Waals surface area contributed by atoms with Crippen molar-refractivity contribution in [1.29, 1.82) is 0 Å². The number of hydrogen-bond donors (Lipinski definition) is 0. The fraction of sp³-hybridized carbons (Fsp3) is 0. The third-order valence-electron chi connectivity index (χ3n) is 5.11. The van der Waals surface area contributed by atoms with Crippen LogP contribution in [0.1, 0.15) is 0 Å². The quantitative estimate of drug-likeness (QED) is 0.268. The molecular weight excluding hydrogens is 416 g/mol. The lowest BCUT2D eigenvalue weighted by molar-refractivity contribution is 1.08. The van der Waals surface area contributed by atoms with Crippen molar-refractivity contribution in [2.24, 2.45) is 0 Å². The molecule has 128 valence electrons. The summed E-state index contributed by atoms with van der Waals surface area (Å²) in [6, 6.07) is 25.7. The van der Waals surface area contributed by atoms with E-state index in [0.717, 1.165) is 10.3 Å². The second kappa shape index (κ2) is 5.65. The molecule has 0 atom stereocenters. The number of hydrogen-bond acceptors (Lipinski definition) is 2. The third-order valence-corrected chi connectivity index (χ3v) is 6.74. The molecule has 4 heteroatoms. The van der Waals surface area contributed by atoms with Crippen LogP contribution >= 0.6 is 27.3 Å². The molecule has 0 aliphatic rings. The summed E-state index contributed by atoms with van der Waals surface area (Å²) in [6.45, 7) is 0. The molecule has 3 aromatic carbocycles. The Hall–Kier alpha value is -2.69. The number of pyridine rings is 1. The van der Waals surface area contributed by atoms with E-state index in [2.05, 4.69) is 86.1 Å². The van der Waals surface area contributed by atoms with Crippen molar-refractivity contribution in [3.8, 4) is 5.82 Å². The molecule has 0 bridgehead atoms. The van der Waals surface area contributed by atoms with Crippen molar-refractivity contribution in [2.75, 3.05) is 0 Å². The highest BCUT2D eigenvalue weighted by atomic mass is 79.9. The number of fused-ring (bicyclic) bond motifs is 7. The molecule has 0 aliphatic carbocycles. The van der Waals surface area contributed by atoms with Crippen molar-refractivity contribution in [3.63, 3.8) is 0 Å². The normalized spacial score (nSPS) is 11.9. The highest BCUT2D eigenvalue weighted by Crippen LogP contribution is 2.42. The van der Waals surface area contributed by atoms with Crippen molar-refractivity contribution >= 4 is 69.2 Å². The molecule has 3 heterocycles. The van der Waals surface area contributed by atoms with E-state index < -0.39 is 0 Å². The summed E-state index contributed by atoms with van der Waals surface area (Å²) in [5, 5.41) is 5.13. The molecule has 6 rings (SSSR count). The van der Waals surface area contributed by atoms with Gasteiger partial charge in [0.2, 0.25) is 0 Å². The molecule has 0 unspecified atom stereocenters. The second-order valence-electron chi connectivity index (χ2n) is 6.62. The Balaban J connectivity index is 1.95. The Morgan fingerprint density at radius 3 is 2.52 bits per heavy atom. The molecule has 27 heavy (non-hydrogen) atoms. The zero-order chi connectivity index (χ0) is 18.0. The zero-order valence-electron chi connectivity index (χ0n) is 14.2. The highest BCUT2D eigenvalue weighted by Gasteiger charge is 2.18. The van der Waals surface area contributed by atoms with Gasteiger partial charge < -0.3 is 0 Å². The van der Waals surface area contributed by atoms with Crippen LogP contribution in [-0.4, -0.2) is 9.55 Å². The first-order valence-corrected chi connectivity index (χ1v) is 10.4. The lowest BCUT2D eigenvalue weighted by Crippen LogP contribution is -1.96. The summed E-state index contributed by atoms with van der Waals surface area (Å²) < 4.78 is 6.00. The van der Waals surface area contributed by atoms with Gasteiger partial charge >= 0.3 is 0 Å². The molecule has 3 aromatic heterocycles. The number of halogens is 1. The average molecular weight is 429 g/mol. The van der Waals surface area contributed by atoms with E-state index in [9.17, 15) is 0 Å².